The lowest BCUT2D eigenvalue weighted by atomic mass is 10.1. The average Bonchev–Trinajstić information content (AvgIpc) is 2.38. The summed E-state index contributed by atoms with van der Waals surface area (Å²) >= 11 is 0. The Kier molecular flexibility index (Phi) is 3.47. The van der Waals surface area contributed by atoms with Crippen molar-refractivity contribution in [2.75, 3.05) is 0 Å². The fourth-order valence-corrected chi connectivity index (χ4v) is 1.67. The smallest absolute Gasteiger partial charge is 0.336 e. The second-order valence-corrected chi connectivity index (χ2v) is 4.07. The van der Waals surface area contributed by atoms with Gasteiger partial charge in [0.25, 0.3) is 0 Å². The molecule has 0 aliphatic heterocycles. The van der Waals surface area contributed by atoms with Crippen molar-refractivity contribution in [1.29, 1.82) is 0 Å². The molecule has 0 aliphatic rings. The van der Waals surface area contributed by atoms with Crippen LogP contribution in [0.5, 0.6) is 0 Å². The molecule has 0 aromatic carbocycles. The van der Waals surface area contributed by atoms with Gasteiger partial charge in [-0.05, 0) is 37.6 Å². The SMILES string of the molecule is [CH2]c1cc(C(=O)O)cc(-c2cc(C(=O)O)c([CH2])cn2)n1. The van der Waals surface area contributed by atoms with Crippen molar-refractivity contribution < 1.29 is 19.8 Å². The molecule has 0 bridgehead atoms. The maximum absolute atomic E-state index is 11.1. The summed E-state index contributed by atoms with van der Waals surface area (Å²) in [5.74, 6) is -2.26. The van der Waals surface area contributed by atoms with Gasteiger partial charge in [0.2, 0.25) is 0 Å². The maximum Gasteiger partial charge on any atom is 0.336 e. The lowest BCUT2D eigenvalue weighted by Gasteiger charge is -2.06. The summed E-state index contributed by atoms with van der Waals surface area (Å²) in [6, 6.07) is 3.94. The molecule has 0 unspecified atom stereocenters. The third-order valence-electron chi connectivity index (χ3n) is 2.60. The summed E-state index contributed by atoms with van der Waals surface area (Å²) in [6.45, 7) is 7.16. The van der Waals surface area contributed by atoms with Crippen molar-refractivity contribution in [2.24, 2.45) is 0 Å². The van der Waals surface area contributed by atoms with Crippen molar-refractivity contribution in [3.63, 3.8) is 0 Å². The van der Waals surface area contributed by atoms with Crippen molar-refractivity contribution >= 4 is 11.9 Å². The molecule has 2 heterocycles. The normalized spacial score (nSPS) is 10.3. The summed E-state index contributed by atoms with van der Waals surface area (Å²) < 4.78 is 0. The van der Waals surface area contributed by atoms with E-state index in [1.54, 1.807) is 0 Å². The van der Waals surface area contributed by atoms with E-state index >= 15 is 0 Å². The molecule has 0 saturated carbocycles. The number of nitrogens with zero attached hydrogens (tertiary/aromatic N) is 2. The molecule has 20 heavy (non-hydrogen) atoms. The largest absolute Gasteiger partial charge is 0.478 e. The first-order valence-corrected chi connectivity index (χ1v) is 5.51. The van der Waals surface area contributed by atoms with Crippen LogP contribution in [0.4, 0.5) is 0 Å². The van der Waals surface area contributed by atoms with Crippen LogP contribution < -0.4 is 0 Å². The van der Waals surface area contributed by atoms with Crippen LogP contribution in [0.25, 0.3) is 11.4 Å². The van der Waals surface area contributed by atoms with Gasteiger partial charge in [-0.2, -0.15) is 0 Å². The molecule has 6 nitrogen and oxygen atoms in total. The zero-order valence-electron chi connectivity index (χ0n) is 10.3. The number of carboxylic acid groups (broad SMARTS) is 2. The van der Waals surface area contributed by atoms with Crippen molar-refractivity contribution in [1.82, 2.24) is 9.97 Å². The van der Waals surface area contributed by atoms with Crippen LogP contribution in [0.1, 0.15) is 32.0 Å². The monoisotopic (exact) mass is 270 g/mol. The van der Waals surface area contributed by atoms with Gasteiger partial charge in [-0.1, -0.05) is 0 Å². The standard InChI is InChI=1S/C14H10N2O4/c1-7-6-15-11(5-10(7)14(19)20)12-4-9(13(17)18)3-8(2)16-12/h3-6H,1-2H2,(H,17,18)(H,19,20). The molecule has 0 amide bonds. The third kappa shape index (κ3) is 2.64. The van der Waals surface area contributed by atoms with E-state index in [0.29, 0.717) is 0 Å². The van der Waals surface area contributed by atoms with Gasteiger partial charge in [0, 0.05) is 11.9 Å². The highest BCUT2D eigenvalue weighted by Crippen LogP contribution is 2.20. The summed E-state index contributed by atoms with van der Waals surface area (Å²) in [6.07, 6.45) is 1.30. The van der Waals surface area contributed by atoms with Crippen LogP contribution >= 0.6 is 0 Å². The van der Waals surface area contributed by atoms with Crippen LogP contribution in [0, 0.1) is 13.8 Å². The minimum atomic E-state index is -1.14. The Labute approximate surface area is 114 Å². The average molecular weight is 270 g/mol. The van der Waals surface area contributed by atoms with Crippen LogP contribution in [0.15, 0.2) is 24.4 Å². The molecule has 0 saturated heterocycles. The van der Waals surface area contributed by atoms with Crippen LogP contribution in [0.2, 0.25) is 0 Å². The van der Waals surface area contributed by atoms with Gasteiger partial charge in [-0.15, -0.1) is 0 Å². The van der Waals surface area contributed by atoms with Gasteiger partial charge in [-0.25, -0.2) is 9.59 Å². The molecule has 2 radical (unpaired) electrons. The first-order valence-electron chi connectivity index (χ1n) is 5.51. The third-order valence-corrected chi connectivity index (χ3v) is 2.60. The highest BCUT2D eigenvalue weighted by atomic mass is 16.4. The first kappa shape index (κ1) is 13.7. The highest BCUT2D eigenvalue weighted by Gasteiger charge is 2.13. The zero-order chi connectivity index (χ0) is 14.9. The Morgan fingerprint density at radius 3 is 2.30 bits per heavy atom. The van der Waals surface area contributed by atoms with Crippen LogP contribution in [-0.2, 0) is 0 Å². The molecule has 2 N–H and O–H groups in total. The molecule has 0 aliphatic carbocycles. The summed E-state index contributed by atoms with van der Waals surface area (Å²) in [7, 11) is 0. The Bertz CT molecular complexity index is 710. The number of aromatic carboxylic acids is 2. The number of hydrogen-bond donors (Lipinski definition) is 2. The summed E-state index contributed by atoms with van der Waals surface area (Å²) in [4.78, 5) is 30.1. The van der Waals surface area contributed by atoms with Gasteiger partial charge in [0.05, 0.1) is 22.5 Å². The Balaban J connectivity index is 2.59. The van der Waals surface area contributed by atoms with E-state index in [2.05, 4.69) is 23.8 Å². The molecular weight excluding hydrogens is 260 g/mol. The van der Waals surface area contributed by atoms with E-state index in [4.69, 9.17) is 10.2 Å². The van der Waals surface area contributed by atoms with Crippen molar-refractivity contribution in [3.05, 3.63) is 60.6 Å². The van der Waals surface area contributed by atoms with Gasteiger partial charge in [0.15, 0.2) is 0 Å². The van der Waals surface area contributed by atoms with Crippen LogP contribution in [-0.4, -0.2) is 32.1 Å². The minimum Gasteiger partial charge on any atom is -0.478 e. The summed E-state index contributed by atoms with van der Waals surface area (Å²) in [5, 5.41) is 18.0. The lowest BCUT2D eigenvalue weighted by molar-refractivity contribution is 0.0685. The van der Waals surface area contributed by atoms with Crippen LogP contribution in [0.3, 0.4) is 0 Å². The molecule has 100 valence electrons. The topological polar surface area (TPSA) is 100 Å². The molecule has 0 atom stereocenters. The summed E-state index contributed by atoms with van der Waals surface area (Å²) in [5.41, 5.74) is 1.03. The number of carboxylic acids is 2. The molecular formula is C14H10N2O4. The van der Waals surface area contributed by atoms with Gasteiger partial charge >= 0.3 is 11.9 Å². The Hall–Kier alpha value is -2.76. The van der Waals surface area contributed by atoms with E-state index in [0.717, 1.165) is 0 Å². The quantitative estimate of drug-likeness (QED) is 0.883. The number of pyridine rings is 2. The fraction of sp³-hybridized carbons (Fsp3) is 0. The number of rotatable bonds is 3. The van der Waals surface area contributed by atoms with E-state index in [-0.39, 0.29) is 33.8 Å². The van der Waals surface area contributed by atoms with E-state index in [1.807, 2.05) is 0 Å². The predicted octanol–water partition coefficient (Wildman–Crippen LogP) is 1.90. The lowest BCUT2D eigenvalue weighted by Crippen LogP contribution is -2.03. The minimum absolute atomic E-state index is 0.0110. The van der Waals surface area contributed by atoms with Gasteiger partial charge in [0.1, 0.15) is 0 Å². The van der Waals surface area contributed by atoms with E-state index in [9.17, 15) is 9.59 Å². The Morgan fingerprint density at radius 1 is 1.00 bits per heavy atom. The fourth-order valence-electron chi connectivity index (χ4n) is 1.67. The van der Waals surface area contributed by atoms with E-state index < -0.39 is 11.9 Å². The molecule has 0 fully saturated rings. The number of carbonyl (C=O) groups is 2. The number of aromatic nitrogens is 2. The van der Waals surface area contributed by atoms with Crippen molar-refractivity contribution in [2.45, 2.75) is 0 Å². The number of hydrogen-bond acceptors (Lipinski definition) is 4. The second kappa shape index (κ2) is 5.08. The molecule has 0 spiro atoms. The predicted molar refractivity (Wildman–Crippen MR) is 70.3 cm³/mol. The molecule has 2 aromatic heterocycles. The van der Waals surface area contributed by atoms with Gasteiger partial charge in [-0.3, -0.25) is 9.97 Å². The maximum atomic E-state index is 11.1. The second-order valence-electron chi connectivity index (χ2n) is 4.07. The molecule has 2 rings (SSSR count). The molecule has 6 heteroatoms. The first-order chi connectivity index (χ1) is 9.38. The van der Waals surface area contributed by atoms with Gasteiger partial charge < -0.3 is 10.2 Å². The van der Waals surface area contributed by atoms with Crippen molar-refractivity contribution in [3.8, 4) is 11.4 Å². The highest BCUT2D eigenvalue weighted by molar-refractivity contribution is 5.91. The molecule has 2 aromatic rings. The zero-order valence-corrected chi connectivity index (χ0v) is 10.3. The Morgan fingerprint density at radius 2 is 1.70 bits per heavy atom. The van der Waals surface area contributed by atoms with E-state index in [1.165, 1.54) is 24.4 Å².